The molecule has 0 saturated carbocycles. The first-order valence-electron chi connectivity index (χ1n) is 12.1. The average molecular weight is 505 g/mol. The molecule has 7 nitrogen and oxygen atoms in total. The third-order valence-electron chi connectivity index (χ3n) is 6.26. The fourth-order valence-electron chi connectivity index (χ4n) is 4.33. The number of nitrogens with one attached hydrogen (secondary N) is 1. The Kier molecular flexibility index (Phi) is 8.18. The first-order valence-corrected chi connectivity index (χ1v) is 13.5. The zero-order valence-electron chi connectivity index (χ0n) is 20.7. The van der Waals surface area contributed by atoms with Crippen LogP contribution in [-0.4, -0.2) is 44.6 Å². The van der Waals surface area contributed by atoms with Gasteiger partial charge in [0.2, 0.25) is 0 Å². The Morgan fingerprint density at radius 3 is 2.22 bits per heavy atom. The van der Waals surface area contributed by atoms with Gasteiger partial charge in [0.05, 0.1) is 10.6 Å². The molecule has 3 aromatic carbocycles. The number of piperidine rings is 1. The summed E-state index contributed by atoms with van der Waals surface area (Å²) in [7, 11) is -3.95. The highest BCUT2D eigenvalue weighted by Crippen LogP contribution is 2.27. The molecule has 3 aromatic rings. The molecule has 0 atom stereocenters. The number of rotatable bonds is 8. The molecule has 1 heterocycles. The summed E-state index contributed by atoms with van der Waals surface area (Å²) in [5.74, 6) is -0.478. The maximum atomic E-state index is 13.5. The lowest BCUT2D eigenvalue weighted by Crippen LogP contribution is -2.40. The van der Waals surface area contributed by atoms with Crippen LogP contribution in [0.3, 0.4) is 0 Å². The highest BCUT2D eigenvalue weighted by atomic mass is 32.2. The Labute approximate surface area is 213 Å². The van der Waals surface area contributed by atoms with Crippen molar-refractivity contribution in [3.63, 3.8) is 0 Å². The zero-order chi connectivity index (χ0) is 25.5. The summed E-state index contributed by atoms with van der Waals surface area (Å²) >= 11 is 0. The summed E-state index contributed by atoms with van der Waals surface area (Å²) < 4.78 is 28.2. The van der Waals surface area contributed by atoms with E-state index in [1.165, 1.54) is 17.7 Å². The second-order valence-corrected chi connectivity index (χ2v) is 11.0. The second-order valence-electron chi connectivity index (χ2n) is 9.09. The standard InChI is InChI=1S/C28H32N4O3S/c1-22-13-14-27(23(2)19-22)32(36(34,35)26-11-7-4-8-12-26)21-28(33)30-29-25-15-17-31(18-16-25)20-24-9-5-3-6-10-24/h3-14,19H,15-18,20-21H2,1-2H3,(H,30,33). The van der Waals surface area contributed by atoms with Gasteiger partial charge in [0, 0.05) is 38.2 Å². The van der Waals surface area contributed by atoms with Crippen LogP contribution in [0.15, 0.2) is 88.9 Å². The smallest absolute Gasteiger partial charge is 0.264 e. The zero-order valence-corrected chi connectivity index (χ0v) is 21.5. The summed E-state index contributed by atoms with van der Waals surface area (Å²) in [5.41, 5.74) is 7.05. The number of anilines is 1. The van der Waals surface area contributed by atoms with Gasteiger partial charge in [0.25, 0.3) is 15.9 Å². The molecular formula is C28H32N4O3S. The first-order chi connectivity index (χ1) is 17.3. The number of aryl methyl sites for hydroxylation is 2. The molecule has 1 aliphatic rings. The normalized spacial score (nSPS) is 14.3. The van der Waals surface area contributed by atoms with Gasteiger partial charge in [-0.1, -0.05) is 66.2 Å². The van der Waals surface area contributed by atoms with Crippen LogP contribution in [-0.2, 0) is 21.4 Å². The van der Waals surface area contributed by atoms with Crippen molar-refractivity contribution >= 4 is 27.3 Å². The van der Waals surface area contributed by atoms with Crippen molar-refractivity contribution in [3.8, 4) is 0 Å². The number of sulfonamides is 1. The molecule has 188 valence electrons. The molecule has 0 aromatic heterocycles. The predicted molar refractivity (Wildman–Crippen MR) is 143 cm³/mol. The van der Waals surface area contributed by atoms with Gasteiger partial charge < -0.3 is 0 Å². The van der Waals surface area contributed by atoms with Crippen molar-refractivity contribution < 1.29 is 13.2 Å². The number of amides is 1. The summed E-state index contributed by atoms with van der Waals surface area (Å²) in [4.78, 5) is 15.4. The summed E-state index contributed by atoms with van der Waals surface area (Å²) in [5, 5.41) is 4.33. The molecule has 4 rings (SSSR count). The van der Waals surface area contributed by atoms with Crippen LogP contribution in [0.4, 0.5) is 5.69 Å². The Morgan fingerprint density at radius 2 is 1.58 bits per heavy atom. The fourth-order valence-corrected chi connectivity index (χ4v) is 5.84. The average Bonchev–Trinajstić information content (AvgIpc) is 2.88. The van der Waals surface area contributed by atoms with Crippen molar-refractivity contribution in [1.29, 1.82) is 0 Å². The van der Waals surface area contributed by atoms with E-state index < -0.39 is 15.9 Å². The molecule has 1 saturated heterocycles. The van der Waals surface area contributed by atoms with E-state index in [4.69, 9.17) is 0 Å². The molecule has 1 aliphatic heterocycles. The van der Waals surface area contributed by atoms with E-state index in [1.54, 1.807) is 24.3 Å². The largest absolute Gasteiger partial charge is 0.298 e. The topological polar surface area (TPSA) is 82.1 Å². The molecule has 0 unspecified atom stereocenters. The van der Waals surface area contributed by atoms with Crippen LogP contribution in [0.1, 0.15) is 29.5 Å². The van der Waals surface area contributed by atoms with Crippen LogP contribution >= 0.6 is 0 Å². The van der Waals surface area contributed by atoms with Crippen LogP contribution in [0.25, 0.3) is 0 Å². The minimum atomic E-state index is -3.95. The van der Waals surface area contributed by atoms with Crippen LogP contribution < -0.4 is 9.73 Å². The number of carbonyl (C=O) groups is 1. The summed E-state index contributed by atoms with van der Waals surface area (Å²) in [6, 6.07) is 24.0. The second kappa shape index (κ2) is 11.5. The van der Waals surface area contributed by atoms with E-state index in [0.717, 1.165) is 53.6 Å². The maximum Gasteiger partial charge on any atom is 0.264 e. The Morgan fingerprint density at radius 1 is 0.944 bits per heavy atom. The van der Waals surface area contributed by atoms with Crippen molar-refractivity contribution in [2.45, 2.75) is 38.1 Å². The minimum absolute atomic E-state index is 0.134. The number of likely N-dealkylation sites (tertiary alicyclic amines) is 1. The Hall–Kier alpha value is -3.49. The van der Waals surface area contributed by atoms with E-state index >= 15 is 0 Å². The van der Waals surface area contributed by atoms with Gasteiger partial charge in [0.1, 0.15) is 6.54 Å². The number of hydrazone groups is 1. The summed E-state index contributed by atoms with van der Waals surface area (Å²) in [6.07, 6.45) is 1.52. The van der Waals surface area contributed by atoms with Crippen molar-refractivity contribution in [1.82, 2.24) is 10.3 Å². The predicted octanol–water partition coefficient (Wildman–Crippen LogP) is 4.27. The van der Waals surface area contributed by atoms with Crippen molar-refractivity contribution in [3.05, 3.63) is 95.6 Å². The van der Waals surface area contributed by atoms with Crippen LogP contribution in [0, 0.1) is 13.8 Å². The number of carbonyl (C=O) groups excluding carboxylic acids is 1. The molecule has 36 heavy (non-hydrogen) atoms. The number of nitrogens with zero attached hydrogens (tertiary/aromatic N) is 3. The van der Waals surface area contributed by atoms with E-state index in [1.807, 2.05) is 44.2 Å². The van der Waals surface area contributed by atoms with Crippen molar-refractivity contribution in [2.75, 3.05) is 23.9 Å². The molecule has 0 aliphatic carbocycles. The van der Waals surface area contributed by atoms with Gasteiger partial charge in [0.15, 0.2) is 0 Å². The van der Waals surface area contributed by atoms with Crippen molar-refractivity contribution in [2.24, 2.45) is 5.10 Å². The molecule has 1 fully saturated rings. The highest BCUT2D eigenvalue weighted by Gasteiger charge is 2.28. The van der Waals surface area contributed by atoms with E-state index in [9.17, 15) is 13.2 Å². The Bertz CT molecular complexity index is 1320. The monoisotopic (exact) mass is 504 g/mol. The summed E-state index contributed by atoms with van der Waals surface area (Å²) in [6.45, 7) is 6.04. The lowest BCUT2D eigenvalue weighted by molar-refractivity contribution is -0.119. The lowest BCUT2D eigenvalue weighted by atomic mass is 10.1. The SMILES string of the molecule is Cc1ccc(N(CC(=O)NN=C2CCN(Cc3ccccc3)CC2)S(=O)(=O)c2ccccc2)c(C)c1. The fraction of sp³-hybridized carbons (Fsp3) is 0.286. The molecule has 1 amide bonds. The van der Waals surface area contributed by atoms with Gasteiger partial charge in [-0.15, -0.1) is 0 Å². The number of hydrogen-bond acceptors (Lipinski definition) is 5. The van der Waals surface area contributed by atoms with E-state index in [2.05, 4.69) is 27.6 Å². The van der Waals surface area contributed by atoms with Gasteiger partial charge in [-0.05, 0) is 43.2 Å². The van der Waals surface area contributed by atoms with Gasteiger partial charge in [-0.2, -0.15) is 5.10 Å². The molecular weight excluding hydrogens is 472 g/mol. The number of benzene rings is 3. The van der Waals surface area contributed by atoms with E-state index in [-0.39, 0.29) is 11.4 Å². The minimum Gasteiger partial charge on any atom is -0.298 e. The molecule has 0 radical (unpaired) electrons. The maximum absolute atomic E-state index is 13.5. The molecule has 0 spiro atoms. The molecule has 0 bridgehead atoms. The lowest BCUT2D eigenvalue weighted by Gasteiger charge is -2.28. The highest BCUT2D eigenvalue weighted by molar-refractivity contribution is 7.92. The molecule has 8 heteroatoms. The first kappa shape index (κ1) is 25.6. The van der Waals surface area contributed by atoms with Gasteiger partial charge in [-0.25, -0.2) is 13.8 Å². The number of hydrogen-bond donors (Lipinski definition) is 1. The van der Waals surface area contributed by atoms with Crippen LogP contribution in [0.2, 0.25) is 0 Å². The van der Waals surface area contributed by atoms with E-state index in [0.29, 0.717) is 5.69 Å². The third-order valence-corrected chi connectivity index (χ3v) is 8.03. The van der Waals surface area contributed by atoms with Gasteiger partial charge >= 0.3 is 0 Å². The van der Waals surface area contributed by atoms with Gasteiger partial charge in [-0.3, -0.25) is 14.0 Å². The Balaban J connectivity index is 1.43. The third kappa shape index (κ3) is 6.38. The quantitative estimate of drug-likeness (QED) is 0.465. The molecule has 1 N–H and O–H groups in total. The van der Waals surface area contributed by atoms with Crippen LogP contribution in [0.5, 0.6) is 0 Å².